The van der Waals surface area contributed by atoms with Gasteiger partial charge in [-0.15, -0.1) is 0 Å². The van der Waals surface area contributed by atoms with E-state index in [-0.39, 0.29) is 24.0 Å². The highest BCUT2D eigenvalue weighted by Gasteiger charge is 2.38. The van der Waals surface area contributed by atoms with Gasteiger partial charge >= 0.3 is 5.97 Å². The number of allylic oxidation sites excluding steroid dienone is 1. The van der Waals surface area contributed by atoms with Crippen molar-refractivity contribution in [1.82, 2.24) is 5.32 Å². The molecule has 1 aromatic carbocycles. The molecule has 0 aromatic heterocycles. The molecule has 1 saturated heterocycles. The number of rotatable bonds is 3. The van der Waals surface area contributed by atoms with E-state index in [2.05, 4.69) is 37.4 Å². The highest BCUT2D eigenvalue weighted by molar-refractivity contribution is 5.77. The summed E-state index contributed by atoms with van der Waals surface area (Å²) < 4.78 is 4.92. The van der Waals surface area contributed by atoms with E-state index in [0.29, 0.717) is 0 Å². The van der Waals surface area contributed by atoms with Gasteiger partial charge in [-0.1, -0.05) is 42.0 Å². The van der Waals surface area contributed by atoms with Crippen LogP contribution in [0, 0.1) is 0 Å². The third-order valence-corrected chi connectivity index (χ3v) is 3.52. The number of benzene rings is 1. The quantitative estimate of drug-likeness (QED) is 0.670. The molecule has 0 saturated carbocycles. The summed E-state index contributed by atoms with van der Waals surface area (Å²) in [6, 6.07) is 10.1. The maximum atomic E-state index is 11.9. The topological polar surface area (TPSA) is 38.3 Å². The third-order valence-electron chi connectivity index (χ3n) is 3.52. The van der Waals surface area contributed by atoms with E-state index in [1.54, 1.807) is 0 Å². The molecule has 0 bridgehead atoms. The molecular formula is C16H21NO2. The van der Waals surface area contributed by atoms with Gasteiger partial charge in [0.2, 0.25) is 0 Å². The van der Waals surface area contributed by atoms with Crippen molar-refractivity contribution in [2.75, 3.05) is 7.11 Å². The summed E-state index contributed by atoms with van der Waals surface area (Å²) in [7, 11) is 1.44. The average Bonchev–Trinajstić information content (AvgIpc) is 2.82. The van der Waals surface area contributed by atoms with Gasteiger partial charge in [-0.2, -0.15) is 0 Å². The molecule has 3 atom stereocenters. The summed E-state index contributed by atoms with van der Waals surface area (Å²) in [6.07, 6.45) is 3.10. The molecule has 3 nitrogen and oxygen atoms in total. The van der Waals surface area contributed by atoms with Crippen LogP contribution in [-0.4, -0.2) is 25.2 Å². The highest BCUT2D eigenvalue weighted by atomic mass is 16.5. The van der Waals surface area contributed by atoms with Gasteiger partial charge in [0.1, 0.15) is 6.04 Å². The first-order chi connectivity index (χ1) is 9.11. The summed E-state index contributed by atoms with van der Waals surface area (Å²) in [5.41, 5.74) is 2.45. The van der Waals surface area contributed by atoms with Gasteiger partial charge in [0.05, 0.1) is 7.11 Å². The van der Waals surface area contributed by atoms with Crippen LogP contribution in [0.2, 0.25) is 0 Å². The Balaban J connectivity index is 2.24. The molecule has 0 unspecified atom stereocenters. The third kappa shape index (κ3) is 3.24. The fourth-order valence-corrected chi connectivity index (χ4v) is 2.73. The molecule has 1 aromatic rings. The van der Waals surface area contributed by atoms with Crippen molar-refractivity contribution in [3.05, 3.63) is 47.5 Å². The van der Waals surface area contributed by atoms with Crippen LogP contribution in [0.1, 0.15) is 31.7 Å². The lowest BCUT2D eigenvalue weighted by Gasteiger charge is -2.17. The second kappa shape index (κ2) is 6.02. The van der Waals surface area contributed by atoms with Crippen LogP contribution in [0.5, 0.6) is 0 Å². The predicted molar refractivity (Wildman–Crippen MR) is 76.0 cm³/mol. The fraction of sp³-hybridized carbons (Fsp3) is 0.438. The number of esters is 1. The number of carbonyl (C=O) groups is 1. The van der Waals surface area contributed by atoms with Gasteiger partial charge in [0.25, 0.3) is 0 Å². The number of hydrogen-bond acceptors (Lipinski definition) is 3. The van der Waals surface area contributed by atoms with Gasteiger partial charge in [0, 0.05) is 12.0 Å². The lowest BCUT2D eigenvalue weighted by Crippen LogP contribution is -2.38. The summed E-state index contributed by atoms with van der Waals surface area (Å²) >= 11 is 0. The SMILES string of the molecule is COC(=O)[C@H]1N[C@H](C=C(C)C)C[C@H]1c1ccccc1. The van der Waals surface area contributed by atoms with Gasteiger partial charge < -0.3 is 4.74 Å². The lowest BCUT2D eigenvalue weighted by molar-refractivity contribution is -0.143. The summed E-state index contributed by atoms with van der Waals surface area (Å²) in [5.74, 6) is -0.00670. The van der Waals surface area contributed by atoms with Crippen molar-refractivity contribution in [2.45, 2.75) is 38.3 Å². The molecule has 0 spiro atoms. The van der Waals surface area contributed by atoms with Gasteiger partial charge in [0.15, 0.2) is 0 Å². The van der Waals surface area contributed by atoms with Gasteiger partial charge in [-0.3, -0.25) is 10.1 Å². The van der Waals surface area contributed by atoms with E-state index in [1.165, 1.54) is 18.2 Å². The first-order valence-electron chi connectivity index (χ1n) is 6.65. The monoisotopic (exact) mass is 259 g/mol. The summed E-state index contributed by atoms with van der Waals surface area (Å²) in [4.78, 5) is 11.9. The van der Waals surface area contributed by atoms with E-state index in [9.17, 15) is 4.79 Å². The zero-order chi connectivity index (χ0) is 13.8. The second-order valence-corrected chi connectivity index (χ2v) is 5.27. The van der Waals surface area contributed by atoms with E-state index < -0.39 is 0 Å². The van der Waals surface area contributed by atoms with Crippen LogP contribution in [0.25, 0.3) is 0 Å². The van der Waals surface area contributed by atoms with E-state index in [0.717, 1.165) is 6.42 Å². The highest BCUT2D eigenvalue weighted by Crippen LogP contribution is 2.32. The lowest BCUT2D eigenvalue weighted by atomic mass is 9.90. The number of methoxy groups -OCH3 is 1. The van der Waals surface area contributed by atoms with E-state index in [4.69, 9.17) is 4.74 Å². The Morgan fingerprint density at radius 3 is 2.58 bits per heavy atom. The van der Waals surface area contributed by atoms with Crippen LogP contribution in [-0.2, 0) is 9.53 Å². The molecule has 2 rings (SSSR count). The largest absolute Gasteiger partial charge is 0.468 e. The molecular weight excluding hydrogens is 238 g/mol. The Labute approximate surface area is 114 Å². The predicted octanol–water partition coefficient (Wildman–Crippen LogP) is 2.64. The van der Waals surface area contributed by atoms with Crippen molar-refractivity contribution in [2.24, 2.45) is 0 Å². The first kappa shape index (κ1) is 13.8. The molecule has 3 heteroatoms. The van der Waals surface area contributed by atoms with Crippen LogP contribution in [0.4, 0.5) is 0 Å². The number of hydrogen-bond donors (Lipinski definition) is 1. The van der Waals surface area contributed by atoms with Crippen molar-refractivity contribution < 1.29 is 9.53 Å². The van der Waals surface area contributed by atoms with Crippen LogP contribution < -0.4 is 5.32 Å². The molecule has 0 amide bonds. The summed E-state index contributed by atoms with van der Waals surface area (Å²) in [5, 5.41) is 3.37. The van der Waals surface area contributed by atoms with E-state index >= 15 is 0 Å². The number of carbonyl (C=O) groups excluding carboxylic acids is 1. The molecule has 0 radical (unpaired) electrons. The Hall–Kier alpha value is -1.61. The number of nitrogens with one attached hydrogen (secondary N) is 1. The smallest absolute Gasteiger partial charge is 0.323 e. The zero-order valence-corrected chi connectivity index (χ0v) is 11.7. The average molecular weight is 259 g/mol. The standard InChI is InChI=1S/C16H21NO2/c1-11(2)9-13-10-14(12-7-5-4-6-8-12)15(17-13)16(18)19-3/h4-9,13-15,17H,10H2,1-3H3/t13-,14+,15+/m1/s1. The molecule has 19 heavy (non-hydrogen) atoms. The van der Waals surface area contributed by atoms with Crippen molar-refractivity contribution >= 4 is 5.97 Å². The molecule has 1 aliphatic rings. The molecule has 102 valence electrons. The molecule has 1 fully saturated rings. The van der Waals surface area contributed by atoms with Crippen LogP contribution in [0.15, 0.2) is 42.0 Å². The minimum absolute atomic E-state index is 0.175. The maximum absolute atomic E-state index is 11.9. The Bertz CT molecular complexity index is 463. The minimum atomic E-state index is -0.256. The molecule has 1 aliphatic heterocycles. The molecule has 0 aliphatic carbocycles. The van der Waals surface area contributed by atoms with E-state index in [1.807, 2.05) is 18.2 Å². The van der Waals surface area contributed by atoms with Gasteiger partial charge in [-0.05, 0) is 25.8 Å². The molecule has 1 N–H and O–H groups in total. The number of ether oxygens (including phenoxy) is 1. The zero-order valence-electron chi connectivity index (χ0n) is 11.7. The first-order valence-corrected chi connectivity index (χ1v) is 6.65. The van der Waals surface area contributed by atoms with Gasteiger partial charge in [-0.25, -0.2) is 0 Å². The Kier molecular flexibility index (Phi) is 4.38. The Morgan fingerprint density at radius 2 is 2.00 bits per heavy atom. The fourth-order valence-electron chi connectivity index (χ4n) is 2.73. The second-order valence-electron chi connectivity index (χ2n) is 5.27. The Morgan fingerprint density at radius 1 is 1.32 bits per heavy atom. The van der Waals surface area contributed by atoms with Crippen molar-refractivity contribution in [3.63, 3.8) is 0 Å². The van der Waals surface area contributed by atoms with Crippen molar-refractivity contribution in [1.29, 1.82) is 0 Å². The van der Waals surface area contributed by atoms with Crippen LogP contribution >= 0.6 is 0 Å². The summed E-state index contributed by atoms with van der Waals surface area (Å²) in [6.45, 7) is 4.15. The minimum Gasteiger partial charge on any atom is -0.468 e. The molecule has 1 heterocycles. The van der Waals surface area contributed by atoms with Crippen molar-refractivity contribution in [3.8, 4) is 0 Å². The normalized spacial score (nSPS) is 25.9. The van der Waals surface area contributed by atoms with Crippen LogP contribution in [0.3, 0.4) is 0 Å². The maximum Gasteiger partial charge on any atom is 0.323 e.